The Kier molecular flexibility index (Phi) is 66.4. The Hall–Kier alpha value is -1.66. The Morgan fingerprint density at radius 2 is 0.603 bits per heavy atom. The molecule has 0 aliphatic rings. The molecular formula is C72H139NO5. The maximum absolute atomic E-state index is 12.4. The molecule has 0 aromatic carbocycles. The zero-order valence-electron chi connectivity index (χ0n) is 52.9. The summed E-state index contributed by atoms with van der Waals surface area (Å²) in [7, 11) is 0. The molecular weight excluding hydrogens is 959 g/mol. The molecule has 2 unspecified atom stereocenters. The molecule has 0 rings (SSSR count). The van der Waals surface area contributed by atoms with Crippen molar-refractivity contribution in [2.24, 2.45) is 0 Å². The average molecular weight is 1100 g/mol. The van der Waals surface area contributed by atoms with Crippen LogP contribution in [0.25, 0.3) is 0 Å². The van der Waals surface area contributed by atoms with Crippen LogP contribution in [0.1, 0.15) is 399 Å². The third-order valence-electron chi connectivity index (χ3n) is 16.7. The summed E-state index contributed by atoms with van der Waals surface area (Å²) >= 11 is 0. The van der Waals surface area contributed by atoms with E-state index in [9.17, 15) is 19.8 Å². The van der Waals surface area contributed by atoms with Crippen LogP contribution < -0.4 is 5.32 Å². The molecule has 0 spiro atoms. The summed E-state index contributed by atoms with van der Waals surface area (Å²) in [6.45, 7) is 4.90. The number of rotatable bonds is 67. The van der Waals surface area contributed by atoms with Crippen molar-refractivity contribution in [3.05, 3.63) is 24.3 Å². The highest BCUT2D eigenvalue weighted by molar-refractivity contribution is 5.76. The largest absolute Gasteiger partial charge is 0.466 e. The van der Waals surface area contributed by atoms with Gasteiger partial charge in [0.2, 0.25) is 5.91 Å². The third-order valence-corrected chi connectivity index (χ3v) is 16.7. The zero-order valence-corrected chi connectivity index (χ0v) is 52.9. The fourth-order valence-corrected chi connectivity index (χ4v) is 11.3. The fraction of sp³-hybridized carbons (Fsp3) is 0.917. The molecule has 462 valence electrons. The van der Waals surface area contributed by atoms with Crippen molar-refractivity contribution >= 4 is 11.9 Å². The van der Waals surface area contributed by atoms with Gasteiger partial charge in [0.25, 0.3) is 0 Å². The summed E-state index contributed by atoms with van der Waals surface area (Å²) in [6, 6.07) is -0.621. The highest BCUT2D eigenvalue weighted by Gasteiger charge is 2.18. The molecule has 6 nitrogen and oxygen atoms in total. The van der Waals surface area contributed by atoms with Crippen LogP contribution in [-0.4, -0.2) is 47.4 Å². The number of aliphatic hydroxyl groups is 2. The van der Waals surface area contributed by atoms with Crippen LogP contribution in [0.4, 0.5) is 0 Å². The Bertz CT molecular complexity index is 1220. The summed E-state index contributed by atoms with van der Waals surface area (Å²) in [5.41, 5.74) is 0. The highest BCUT2D eigenvalue weighted by Crippen LogP contribution is 2.19. The summed E-state index contributed by atoms with van der Waals surface area (Å²) < 4.78 is 5.48. The molecule has 0 aromatic rings. The van der Waals surface area contributed by atoms with E-state index in [1.54, 1.807) is 6.08 Å². The number of hydrogen-bond acceptors (Lipinski definition) is 5. The molecule has 6 heteroatoms. The number of carbonyl (C=O) groups is 2. The maximum Gasteiger partial charge on any atom is 0.305 e. The minimum atomic E-state index is -0.838. The predicted molar refractivity (Wildman–Crippen MR) is 343 cm³/mol. The number of nitrogens with one attached hydrogen (secondary N) is 1. The van der Waals surface area contributed by atoms with Gasteiger partial charge in [-0.3, -0.25) is 9.59 Å². The molecule has 0 heterocycles. The second-order valence-corrected chi connectivity index (χ2v) is 24.6. The molecule has 78 heavy (non-hydrogen) atoms. The van der Waals surface area contributed by atoms with Crippen molar-refractivity contribution in [1.82, 2.24) is 5.32 Å². The normalized spacial score (nSPS) is 12.6. The van der Waals surface area contributed by atoms with Crippen molar-refractivity contribution in [1.29, 1.82) is 0 Å². The van der Waals surface area contributed by atoms with Gasteiger partial charge in [0.1, 0.15) is 0 Å². The zero-order chi connectivity index (χ0) is 56.4. The van der Waals surface area contributed by atoms with E-state index in [4.69, 9.17) is 4.74 Å². The SMILES string of the molecule is CCCCCC/C=C\CCCCCCCC(=O)OCCCCCCCCCCCCCCCCCCCCCCCCCCCCCCCCCCCCCCCC(=O)NC(CO)C(O)/C=C/CCCCCCCCCCC. The third kappa shape index (κ3) is 63.5. The first-order chi connectivity index (χ1) is 38.5. The molecule has 0 fully saturated rings. The van der Waals surface area contributed by atoms with E-state index in [0.717, 1.165) is 44.9 Å². The summed E-state index contributed by atoms with van der Waals surface area (Å²) in [5, 5.41) is 23.1. The van der Waals surface area contributed by atoms with Crippen molar-refractivity contribution in [3.8, 4) is 0 Å². The van der Waals surface area contributed by atoms with Gasteiger partial charge in [0.05, 0.1) is 25.4 Å². The van der Waals surface area contributed by atoms with E-state index in [1.807, 2.05) is 6.08 Å². The van der Waals surface area contributed by atoms with E-state index in [-0.39, 0.29) is 18.5 Å². The van der Waals surface area contributed by atoms with Gasteiger partial charge in [-0.2, -0.15) is 0 Å². The van der Waals surface area contributed by atoms with Gasteiger partial charge in [-0.15, -0.1) is 0 Å². The van der Waals surface area contributed by atoms with Crippen molar-refractivity contribution in [3.63, 3.8) is 0 Å². The number of unbranched alkanes of at least 4 members (excludes halogenated alkanes) is 54. The lowest BCUT2D eigenvalue weighted by molar-refractivity contribution is -0.143. The number of allylic oxidation sites excluding steroid dienone is 3. The number of amides is 1. The van der Waals surface area contributed by atoms with Gasteiger partial charge in [-0.05, 0) is 57.8 Å². The first-order valence-corrected chi connectivity index (χ1v) is 35.6. The van der Waals surface area contributed by atoms with Crippen LogP contribution in [0.2, 0.25) is 0 Å². The molecule has 0 bridgehead atoms. The van der Waals surface area contributed by atoms with Gasteiger partial charge < -0.3 is 20.3 Å². The second-order valence-electron chi connectivity index (χ2n) is 24.6. The molecule has 0 aliphatic heterocycles. The van der Waals surface area contributed by atoms with Crippen molar-refractivity contribution in [2.45, 2.75) is 411 Å². The average Bonchev–Trinajstić information content (AvgIpc) is 3.44. The maximum atomic E-state index is 12.4. The minimum absolute atomic E-state index is 0.0143. The van der Waals surface area contributed by atoms with Crippen LogP contribution in [-0.2, 0) is 14.3 Å². The summed E-state index contributed by atoms with van der Waals surface area (Å²) in [4.78, 5) is 24.5. The topological polar surface area (TPSA) is 95.9 Å². The monoisotopic (exact) mass is 1100 g/mol. The Labute approximate surface area is 488 Å². The molecule has 2 atom stereocenters. The molecule has 0 saturated heterocycles. The quantitative estimate of drug-likeness (QED) is 0.0320. The lowest BCUT2D eigenvalue weighted by Crippen LogP contribution is -2.45. The fourth-order valence-electron chi connectivity index (χ4n) is 11.3. The molecule has 1 amide bonds. The van der Waals surface area contributed by atoms with E-state index in [1.165, 1.54) is 327 Å². The minimum Gasteiger partial charge on any atom is -0.466 e. The molecule has 3 N–H and O–H groups in total. The van der Waals surface area contributed by atoms with Crippen LogP contribution >= 0.6 is 0 Å². The smallest absolute Gasteiger partial charge is 0.305 e. The first-order valence-electron chi connectivity index (χ1n) is 35.6. The van der Waals surface area contributed by atoms with Gasteiger partial charge >= 0.3 is 5.97 Å². The van der Waals surface area contributed by atoms with Gasteiger partial charge in [0.15, 0.2) is 0 Å². The standard InChI is InChI=1S/C72H139NO5/c1-3-5-7-9-11-13-15-41-46-50-54-58-62-66-72(77)78-67-63-59-55-51-47-43-40-38-36-34-32-30-28-26-24-22-20-18-16-17-19-21-23-25-27-29-31-33-35-37-39-42-45-49-53-57-61-65-71(76)73-69(68-74)70(75)64-60-56-52-48-44-14-12-10-8-6-4-2/h13,15,60,64,69-70,74-75H,3-12,14,16-59,61-63,65-68H2,1-2H3,(H,73,76)/b15-13-,64-60+. The van der Waals surface area contributed by atoms with Crippen LogP contribution in [0.5, 0.6) is 0 Å². The Balaban J connectivity index is 3.28. The van der Waals surface area contributed by atoms with Gasteiger partial charge in [-0.25, -0.2) is 0 Å². The summed E-state index contributed by atoms with van der Waals surface area (Å²) in [5.74, 6) is -0.0475. The molecule has 0 aliphatic carbocycles. The van der Waals surface area contributed by atoms with Crippen LogP contribution in [0.3, 0.4) is 0 Å². The van der Waals surface area contributed by atoms with E-state index >= 15 is 0 Å². The Morgan fingerprint density at radius 3 is 0.923 bits per heavy atom. The van der Waals surface area contributed by atoms with E-state index in [2.05, 4.69) is 31.3 Å². The van der Waals surface area contributed by atoms with E-state index < -0.39 is 12.1 Å². The van der Waals surface area contributed by atoms with Crippen molar-refractivity contribution < 1.29 is 24.5 Å². The lowest BCUT2D eigenvalue weighted by atomic mass is 10.0. The van der Waals surface area contributed by atoms with E-state index in [0.29, 0.717) is 19.4 Å². The van der Waals surface area contributed by atoms with Gasteiger partial charge in [0, 0.05) is 12.8 Å². The summed E-state index contributed by atoms with van der Waals surface area (Å²) in [6.07, 6.45) is 85.7. The number of ether oxygens (including phenoxy) is 1. The Morgan fingerprint density at radius 1 is 0.346 bits per heavy atom. The predicted octanol–water partition coefficient (Wildman–Crippen LogP) is 22.9. The van der Waals surface area contributed by atoms with Crippen LogP contribution in [0.15, 0.2) is 24.3 Å². The second kappa shape index (κ2) is 67.8. The number of hydrogen-bond donors (Lipinski definition) is 3. The number of carbonyl (C=O) groups excluding carboxylic acids is 2. The number of aliphatic hydroxyl groups excluding tert-OH is 2. The molecule has 0 radical (unpaired) electrons. The first kappa shape index (κ1) is 76.3. The van der Waals surface area contributed by atoms with Crippen LogP contribution in [0, 0.1) is 0 Å². The van der Waals surface area contributed by atoms with Gasteiger partial charge in [-0.1, -0.05) is 353 Å². The van der Waals surface area contributed by atoms with Crippen molar-refractivity contribution in [2.75, 3.05) is 13.2 Å². The number of esters is 1. The highest BCUT2D eigenvalue weighted by atomic mass is 16.5. The molecule has 0 aromatic heterocycles. The molecule has 0 saturated carbocycles. The lowest BCUT2D eigenvalue weighted by Gasteiger charge is -2.20.